The van der Waals surface area contributed by atoms with Gasteiger partial charge in [-0.05, 0) is 67.4 Å². The SMILES string of the molecule is CCCOc1ccc(/C(C)=N/NC(=O)COc2ccc(C#N)cc2)cc1. The lowest BCUT2D eigenvalue weighted by Crippen LogP contribution is -2.25. The van der Waals surface area contributed by atoms with Crippen LogP contribution in [0.4, 0.5) is 0 Å². The minimum atomic E-state index is -0.364. The Morgan fingerprint density at radius 2 is 1.69 bits per heavy atom. The van der Waals surface area contributed by atoms with Gasteiger partial charge in [0.25, 0.3) is 5.91 Å². The number of hydrazone groups is 1. The minimum absolute atomic E-state index is 0.160. The second-order valence-electron chi connectivity index (χ2n) is 5.53. The van der Waals surface area contributed by atoms with E-state index in [0.717, 1.165) is 17.7 Å². The predicted octanol–water partition coefficient (Wildman–Crippen LogP) is 3.27. The number of nitrogens with one attached hydrogen (secondary N) is 1. The van der Waals surface area contributed by atoms with Crippen LogP contribution in [0.1, 0.15) is 31.4 Å². The van der Waals surface area contributed by atoms with Crippen LogP contribution in [0.25, 0.3) is 0 Å². The van der Waals surface area contributed by atoms with Crippen molar-refractivity contribution in [2.75, 3.05) is 13.2 Å². The summed E-state index contributed by atoms with van der Waals surface area (Å²) in [4.78, 5) is 11.8. The van der Waals surface area contributed by atoms with Crippen LogP contribution in [0.3, 0.4) is 0 Å². The summed E-state index contributed by atoms with van der Waals surface area (Å²) in [5.41, 5.74) is 4.57. The number of benzene rings is 2. The third-order valence-electron chi connectivity index (χ3n) is 3.45. The molecule has 0 radical (unpaired) electrons. The Labute approximate surface area is 153 Å². The van der Waals surface area contributed by atoms with Crippen molar-refractivity contribution in [2.24, 2.45) is 5.10 Å². The van der Waals surface area contributed by atoms with Crippen molar-refractivity contribution in [3.8, 4) is 17.6 Å². The van der Waals surface area contributed by atoms with E-state index in [4.69, 9.17) is 14.7 Å². The van der Waals surface area contributed by atoms with Crippen LogP contribution in [0.5, 0.6) is 11.5 Å². The zero-order valence-electron chi connectivity index (χ0n) is 14.9. The van der Waals surface area contributed by atoms with Gasteiger partial charge >= 0.3 is 0 Å². The van der Waals surface area contributed by atoms with Gasteiger partial charge in [-0.25, -0.2) is 5.43 Å². The average Bonchev–Trinajstić information content (AvgIpc) is 2.69. The van der Waals surface area contributed by atoms with Gasteiger partial charge < -0.3 is 9.47 Å². The summed E-state index contributed by atoms with van der Waals surface area (Å²) in [5, 5.41) is 12.8. The van der Waals surface area contributed by atoms with Crippen LogP contribution in [0, 0.1) is 11.3 Å². The number of nitriles is 1. The molecule has 0 heterocycles. The minimum Gasteiger partial charge on any atom is -0.494 e. The van der Waals surface area contributed by atoms with Gasteiger partial charge in [-0.2, -0.15) is 10.4 Å². The second kappa shape index (κ2) is 9.84. The monoisotopic (exact) mass is 351 g/mol. The molecule has 0 unspecified atom stereocenters. The molecule has 0 saturated carbocycles. The van der Waals surface area contributed by atoms with E-state index in [1.807, 2.05) is 37.3 Å². The van der Waals surface area contributed by atoms with E-state index in [1.54, 1.807) is 24.3 Å². The van der Waals surface area contributed by atoms with Crippen molar-refractivity contribution in [3.05, 3.63) is 59.7 Å². The average molecular weight is 351 g/mol. The Morgan fingerprint density at radius 3 is 2.31 bits per heavy atom. The molecule has 6 heteroatoms. The van der Waals surface area contributed by atoms with Crippen LogP contribution in [0.15, 0.2) is 53.6 Å². The fourth-order valence-electron chi connectivity index (χ4n) is 2.03. The number of hydrogen-bond donors (Lipinski definition) is 1. The lowest BCUT2D eigenvalue weighted by atomic mass is 10.1. The van der Waals surface area contributed by atoms with Gasteiger partial charge in [0.15, 0.2) is 6.61 Å². The summed E-state index contributed by atoms with van der Waals surface area (Å²) in [6.45, 7) is 4.39. The summed E-state index contributed by atoms with van der Waals surface area (Å²) in [6.07, 6.45) is 0.957. The molecule has 0 aliphatic carbocycles. The molecule has 0 aliphatic heterocycles. The number of nitrogens with zero attached hydrogens (tertiary/aromatic N) is 2. The Kier molecular flexibility index (Phi) is 7.19. The first-order valence-electron chi connectivity index (χ1n) is 8.31. The second-order valence-corrected chi connectivity index (χ2v) is 5.53. The highest BCUT2D eigenvalue weighted by atomic mass is 16.5. The van der Waals surface area contributed by atoms with Crippen LogP contribution < -0.4 is 14.9 Å². The molecule has 0 spiro atoms. The molecular weight excluding hydrogens is 330 g/mol. The summed E-state index contributed by atoms with van der Waals surface area (Å²) in [7, 11) is 0. The third-order valence-corrected chi connectivity index (χ3v) is 3.45. The van der Waals surface area contributed by atoms with E-state index < -0.39 is 0 Å². The van der Waals surface area contributed by atoms with Crippen molar-refractivity contribution in [1.29, 1.82) is 5.26 Å². The highest BCUT2D eigenvalue weighted by Gasteiger charge is 2.04. The fraction of sp³-hybridized carbons (Fsp3) is 0.250. The van der Waals surface area contributed by atoms with E-state index in [2.05, 4.69) is 17.5 Å². The summed E-state index contributed by atoms with van der Waals surface area (Å²) in [5.74, 6) is 0.961. The molecule has 0 bridgehead atoms. The maximum absolute atomic E-state index is 11.8. The Balaban J connectivity index is 1.83. The van der Waals surface area contributed by atoms with Gasteiger partial charge in [0.05, 0.1) is 24.0 Å². The van der Waals surface area contributed by atoms with Crippen LogP contribution in [-0.2, 0) is 4.79 Å². The van der Waals surface area contributed by atoms with Crippen LogP contribution in [0.2, 0.25) is 0 Å². The smallest absolute Gasteiger partial charge is 0.277 e. The highest BCUT2D eigenvalue weighted by Crippen LogP contribution is 2.13. The molecule has 0 aliphatic rings. The van der Waals surface area contributed by atoms with Gasteiger partial charge in [-0.15, -0.1) is 0 Å². The van der Waals surface area contributed by atoms with Crippen LogP contribution in [-0.4, -0.2) is 24.8 Å². The van der Waals surface area contributed by atoms with E-state index in [9.17, 15) is 4.79 Å². The first-order valence-corrected chi connectivity index (χ1v) is 8.31. The van der Waals surface area contributed by atoms with Crippen LogP contribution >= 0.6 is 0 Å². The Bertz CT molecular complexity index is 791. The van der Waals surface area contributed by atoms with Gasteiger partial charge in [0.2, 0.25) is 0 Å². The predicted molar refractivity (Wildman–Crippen MR) is 99.2 cm³/mol. The van der Waals surface area contributed by atoms with Crippen molar-refractivity contribution >= 4 is 11.6 Å². The number of ether oxygens (including phenoxy) is 2. The molecule has 6 nitrogen and oxygen atoms in total. The fourth-order valence-corrected chi connectivity index (χ4v) is 2.03. The molecule has 0 saturated heterocycles. The van der Waals surface area contributed by atoms with E-state index in [1.165, 1.54) is 0 Å². The zero-order valence-corrected chi connectivity index (χ0v) is 14.9. The van der Waals surface area contributed by atoms with Crippen molar-refractivity contribution in [3.63, 3.8) is 0 Å². The Hall–Kier alpha value is -3.33. The summed E-state index contributed by atoms with van der Waals surface area (Å²) in [6, 6.07) is 16.1. The maximum atomic E-state index is 11.8. The molecular formula is C20H21N3O3. The molecule has 134 valence electrons. The topological polar surface area (TPSA) is 83.7 Å². The lowest BCUT2D eigenvalue weighted by molar-refractivity contribution is -0.123. The Morgan fingerprint density at radius 1 is 1.08 bits per heavy atom. The maximum Gasteiger partial charge on any atom is 0.277 e. The molecule has 2 rings (SSSR count). The number of hydrogen-bond acceptors (Lipinski definition) is 5. The molecule has 2 aromatic carbocycles. The van der Waals surface area contributed by atoms with E-state index in [0.29, 0.717) is 23.6 Å². The molecule has 0 fully saturated rings. The first-order chi connectivity index (χ1) is 12.6. The lowest BCUT2D eigenvalue weighted by Gasteiger charge is -2.07. The molecule has 1 amide bonds. The molecule has 0 atom stereocenters. The largest absolute Gasteiger partial charge is 0.494 e. The van der Waals surface area contributed by atoms with E-state index in [-0.39, 0.29) is 12.5 Å². The van der Waals surface area contributed by atoms with Gasteiger partial charge in [0.1, 0.15) is 11.5 Å². The zero-order chi connectivity index (χ0) is 18.8. The van der Waals surface area contributed by atoms with E-state index >= 15 is 0 Å². The summed E-state index contributed by atoms with van der Waals surface area (Å²) < 4.78 is 10.9. The summed E-state index contributed by atoms with van der Waals surface area (Å²) >= 11 is 0. The molecule has 0 aromatic heterocycles. The highest BCUT2D eigenvalue weighted by molar-refractivity contribution is 5.99. The first kappa shape index (κ1) is 19.0. The van der Waals surface area contributed by atoms with Gasteiger partial charge in [-0.3, -0.25) is 4.79 Å². The molecule has 26 heavy (non-hydrogen) atoms. The molecule has 2 aromatic rings. The van der Waals surface area contributed by atoms with Gasteiger partial charge in [0, 0.05) is 0 Å². The third kappa shape index (κ3) is 5.95. The van der Waals surface area contributed by atoms with Crippen molar-refractivity contribution < 1.29 is 14.3 Å². The van der Waals surface area contributed by atoms with Crippen molar-refractivity contribution in [2.45, 2.75) is 20.3 Å². The quantitative estimate of drug-likeness (QED) is 0.584. The number of rotatable bonds is 8. The number of carbonyl (C=O) groups excluding carboxylic acids is 1. The van der Waals surface area contributed by atoms with Crippen molar-refractivity contribution in [1.82, 2.24) is 5.43 Å². The number of amides is 1. The number of carbonyl (C=O) groups is 1. The molecule has 1 N–H and O–H groups in total. The standard InChI is InChI=1S/C20H21N3O3/c1-3-12-25-18-10-6-17(7-11-18)15(2)22-23-20(24)14-26-19-8-4-16(13-21)5-9-19/h4-11H,3,12,14H2,1-2H3,(H,23,24)/b22-15+. The van der Waals surface area contributed by atoms with Gasteiger partial charge in [-0.1, -0.05) is 6.92 Å². The normalized spacial score (nSPS) is 10.7.